The molecule has 0 saturated carbocycles. The average Bonchev–Trinajstić information content (AvgIpc) is 3.35. The van der Waals surface area contributed by atoms with E-state index in [4.69, 9.17) is 0 Å². The monoisotopic (exact) mass is 540 g/mol. The van der Waals surface area contributed by atoms with Crippen molar-refractivity contribution in [2.24, 2.45) is 0 Å². The molecule has 0 N–H and O–H groups in total. The molecule has 7 rings (SSSR count). The maximum Gasteiger partial charge on any atom is 0.195 e. The molecule has 0 atom stereocenters. The molecule has 0 saturated heterocycles. The first-order chi connectivity index (χ1) is 15.5. The van der Waals surface area contributed by atoms with Crippen LogP contribution in [0.3, 0.4) is 0 Å². The molecule has 0 radical (unpaired) electrons. The lowest BCUT2D eigenvalue weighted by atomic mass is 9.99. The number of benzene rings is 4. The molecule has 0 aromatic heterocycles. The smallest absolute Gasteiger partial charge is 0.195 e. The molecule has 0 heterocycles. The Hall–Kier alpha value is -3.15. The van der Waals surface area contributed by atoms with Gasteiger partial charge in [-0.25, -0.2) is 0 Å². The van der Waals surface area contributed by atoms with Crippen LogP contribution in [0, 0.1) is 0 Å². The van der Waals surface area contributed by atoms with Crippen molar-refractivity contribution in [2.75, 3.05) is 0 Å². The molecule has 0 unspecified atom stereocenters. The van der Waals surface area contributed by atoms with Crippen LogP contribution in [0.15, 0.2) is 84.0 Å². The summed E-state index contributed by atoms with van der Waals surface area (Å²) in [6.07, 6.45) is 0. The van der Waals surface area contributed by atoms with Gasteiger partial charge in [0.15, 0.2) is 16.3 Å². The molecular weight excluding hydrogens is 532 g/mol. The molecule has 3 nitrogen and oxygen atoms in total. The summed E-state index contributed by atoms with van der Waals surface area (Å²) in [5, 5.41) is 7.29. The van der Waals surface area contributed by atoms with Gasteiger partial charge in [-0.1, -0.05) is 68.3 Å². The highest BCUT2D eigenvalue weighted by molar-refractivity contribution is 9.10. The third-order valence-corrected chi connectivity index (χ3v) is 7.60. The summed E-state index contributed by atoms with van der Waals surface area (Å²) in [5.41, 5.74) is -0.479. The first kappa shape index (κ1) is 18.4. The zero-order chi connectivity index (χ0) is 21.9. The SMILES string of the molecule is O=c1c2ccccc2c2c1c1c(=O)c3cc(Br)ccc3c1c1c3ccc(Br)cc3c(=O)c21. The van der Waals surface area contributed by atoms with Crippen LogP contribution in [0.4, 0.5) is 0 Å². The lowest BCUT2D eigenvalue weighted by Crippen LogP contribution is -2.02. The molecule has 0 fully saturated rings. The average molecular weight is 542 g/mol. The number of halogens is 2. The maximum absolute atomic E-state index is 13.7. The molecule has 150 valence electrons. The Morgan fingerprint density at radius 3 is 1.31 bits per heavy atom. The van der Waals surface area contributed by atoms with E-state index in [0.717, 1.165) is 30.5 Å². The van der Waals surface area contributed by atoms with Gasteiger partial charge in [-0.15, -0.1) is 0 Å². The summed E-state index contributed by atoms with van der Waals surface area (Å²) in [6, 6.07) is 18.5. The maximum atomic E-state index is 13.7. The molecule has 5 heteroatoms. The van der Waals surface area contributed by atoms with E-state index in [9.17, 15) is 14.4 Å². The third kappa shape index (κ3) is 2.04. The van der Waals surface area contributed by atoms with E-state index in [0.29, 0.717) is 43.1 Å². The van der Waals surface area contributed by atoms with E-state index in [1.807, 2.05) is 48.5 Å². The zero-order valence-corrected chi connectivity index (χ0v) is 19.4. The van der Waals surface area contributed by atoms with Crippen molar-refractivity contribution in [1.82, 2.24) is 0 Å². The Kier molecular flexibility index (Phi) is 3.45. The molecule has 0 aliphatic carbocycles. The van der Waals surface area contributed by atoms with Crippen LogP contribution in [0.1, 0.15) is 0 Å². The van der Waals surface area contributed by atoms with Gasteiger partial charge in [0.1, 0.15) is 0 Å². The van der Waals surface area contributed by atoms with Gasteiger partial charge in [0, 0.05) is 57.4 Å². The predicted molar refractivity (Wildman–Crippen MR) is 139 cm³/mol. The number of hydrogen-bond acceptors (Lipinski definition) is 3. The Bertz CT molecular complexity index is 2120. The van der Waals surface area contributed by atoms with Crippen LogP contribution < -0.4 is 16.3 Å². The molecular formula is C27H10Br2O3. The molecule has 0 amide bonds. The Morgan fingerprint density at radius 1 is 0.406 bits per heavy atom. The van der Waals surface area contributed by atoms with Crippen molar-refractivity contribution in [3.63, 3.8) is 0 Å². The lowest BCUT2D eigenvalue weighted by molar-refractivity contribution is 1.74. The molecule has 0 bridgehead atoms. The van der Waals surface area contributed by atoms with Crippen LogP contribution in [-0.4, -0.2) is 0 Å². The molecule has 0 spiro atoms. The zero-order valence-electron chi connectivity index (χ0n) is 16.3. The van der Waals surface area contributed by atoms with Gasteiger partial charge in [-0.05, 0) is 40.4 Å². The van der Waals surface area contributed by atoms with E-state index in [-0.39, 0.29) is 16.3 Å². The fourth-order valence-electron chi connectivity index (χ4n) is 5.39. The number of hydrogen-bond donors (Lipinski definition) is 0. The quantitative estimate of drug-likeness (QED) is 0.219. The highest BCUT2D eigenvalue weighted by Gasteiger charge is 2.26. The minimum atomic E-state index is -0.195. The van der Waals surface area contributed by atoms with Crippen molar-refractivity contribution in [3.05, 3.63) is 100 Å². The van der Waals surface area contributed by atoms with Crippen molar-refractivity contribution >= 4 is 96.5 Å². The van der Waals surface area contributed by atoms with Gasteiger partial charge < -0.3 is 0 Å². The van der Waals surface area contributed by atoms with Crippen molar-refractivity contribution in [3.8, 4) is 0 Å². The minimum Gasteiger partial charge on any atom is -0.289 e. The predicted octanol–water partition coefficient (Wildman–Crippen LogP) is 6.52. The second-order valence-electron chi connectivity index (χ2n) is 8.16. The summed E-state index contributed by atoms with van der Waals surface area (Å²) in [7, 11) is 0. The fourth-order valence-corrected chi connectivity index (χ4v) is 6.11. The lowest BCUT2D eigenvalue weighted by Gasteiger charge is -2.02. The van der Waals surface area contributed by atoms with Crippen LogP contribution >= 0.6 is 31.9 Å². The summed E-state index contributed by atoms with van der Waals surface area (Å²) in [6.45, 7) is 0. The molecule has 0 aliphatic heterocycles. The Balaban J connectivity index is 2.03. The van der Waals surface area contributed by atoms with Gasteiger partial charge in [-0.3, -0.25) is 14.4 Å². The standard InChI is InChI=1S/C27H10Br2O3/c28-11-5-7-14-17(9-11)26(31)22-19(14)20-15-8-6-12(29)10-18(15)27(32)23(20)24-21(22)13-3-1-2-4-16(13)25(24)30/h1-10H. The largest absolute Gasteiger partial charge is 0.289 e. The summed E-state index contributed by atoms with van der Waals surface area (Å²) in [4.78, 5) is 41.0. The van der Waals surface area contributed by atoms with Crippen LogP contribution in [0.25, 0.3) is 64.6 Å². The summed E-state index contributed by atoms with van der Waals surface area (Å²) in [5.74, 6) is 0. The van der Waals surface area contributed by atoms with Gasteiger partial charge in [0.25, 0.3) is 0 Å². The Morgan fingerprint density at radius 2 is 0.781 bits per heavy atom. The van der Waals surface area contributed by atoms with Gasteiger partial charge >= 0.3 is 0 Å². The normalized spacial score (nSPS) is 12.4. The molecule has 7 aromatic rings. The summed E-state index contributed by atoms with van der Waals surface area (Å²) < 4.78 is 1.60. The van der Waals surface area contributed by atoms with Crippen LogP contribution in [0.5, 0.6) is 0 Å². The second-order valence-corrected chi connectivity index (χ2v) is 9.99. The second kappa shape index (κ2) is 6.00. The number of rotatable bonds is 0. The molecule has 32 heavy (non-hydrogen) atoms. The van der Waals surface area contributed by atoms with Crippen molar-refractivity contribution in [1.29, 1.82) is 0 Å². The topological polar surface area (TPSA) is 51.2 Å². The highest BCUT2D eigenvalue weighted by Crippen LogP contribution is 2.43. The van der Waals surface area contributed by atoms with Crippen molar-refractivity contribution in [2.45, 2.75) is 0 Å². The van der Waals surface area contributed by atoms with E-state index in [1.54, 1.807) is 12.1 Å². The van der Waals surface area contributed by atoms with E-state index in [1.165, 1.54) is 0 Å². The van der Waals surface area contributed by atoms with Gasteiger partial charge in [0.05, 0.1) is 0 Å². The van der Waals surface area contributed by atoms with Crippen LogP contribution in [0.2, 0.25) is 0 Å². The van der Waals surface area contributed by atoms with Crippen LogP contribution in [-0.2, 0) is 0 Å². The number of fused-ring (bicyclic) bond motifs is 12. The van der Waals surface area contributed by atoms with Gasteiger partial charge in [-0.2, -0.15) is 0 Å². The van der Waals surface area contributed by atoms with Crippen molar-refractivity contribution < 1.29 is 0 Å². The fraction of sp³-hybridized carbons (Fsp3) is 0. The third-order valence-electron chi connectivity index (χ3n) is 6.61. The first-order valence-corrected chi connectivity index (χ1v) is 11.6. The minimum absolute atomic E-state index is 0.113. The summed E-state index contributed by atoms with van der Waals surface area (Å²) >= 11 is 6.94. The van der Waals surface area contributed by atoms with E-state index < -0.39 is 0 Å². The van der Waals surface area contributed by atoms with Gasteiger partial charge in [0.2, 0.25) is 0 Å². The Labute approximate surface area is 196 Å². The van der Waals surface area contributed by atoms with E-state index >= 15 is 0 Å². The van der Waals surface area contributed by atoms with E-state index in [2.05, 4.69) is 31.9 Å². The molecule has 0 aliphatic rings. The molecule has 7 aromatic carbocycles. The first-order valence-electron chi connectivity index (χ1n) is 10.0. The highest BCUT2D eigenvalue weighted by atomic mass is 79.9.